The first-order chi connectivity index (χ1) is 11.3. The Balaban J connectivity index is 1.41. The first-order valence-corrected chi connectivity index (χ1v) is 8.42. The molecule has 2 heterocycles. The van der Waals surface area contributed by atoms with Crippen LogP contribution in [0.4, 0.5) is 5.69 Å². The van der Waals surface area contributed by atoms with E-state index in [9.17, 15) is 4.79 Å². The standard InChI is InChI=1S/C18H22N4O/c23-18-13-15-5-4-8-17(15)19-22(18)14-20-9-11-21(12-10-20)16-6-2-1-3-7-16/h1-3,6-7,13H,4-5,8-12,14H2. The van der Waals surface area contributed by atoms with Crippen molar-refractivity contribution in [1.82, 2.24) is 14.7 Å². The maximum absolute atomic E-state index is 12.2. The number of hydrogen-bond acceptors (Lipinski definition) is 4. The summed E-state index contributed by atoms with van der Waals surface area (Å²) in [4.78, 5) is 16.9. The summed E-state index contributed by atoms with van der Waals surface area (Å²) in [5, 5.41) is 4.57. The lowest BCUT2D eigenvalue weighted by atomic mass is 10.2. The second-order valence-electron chi connectivity index (χ2n) is 6.39. The van der Waals surface area contributed by atoms with Crippen LogP contribution in [-0.2, 0) is 19.5 Å². The van der Waals surface area contributed by atoms with Crippen LogP contribution in [0.5, 0.6) is 0 Å². The van der Waals surface area contributed by atoms with Crippen molar-refractivity contribution in [2.45, 2.75) is 25.9 Å². The van der Waals surface area contributed by atoms with Gasteiger partial charge in [-0.25, -0.2) is 4.68 Å². The van der Waals surface area contributed by atoms with Crippen LogP contribution in [0.3, 0.4) is 0 Å². The van der Waals surface area contributed by atoms with E-state index in [-0.39, 0.29) is 5.56 Å². The molecule has 1 fully saturated rings. The first kappa shape index (κ1) is 14.5. The van der Waals surface area contributed by atoms with Crippen LogP contribution in [0.1, 0.15) is 17.7 Å². The number of aryl methyl sites for hydroxylation is 2. The number of aromatic nitrogens is 2. The van der Waals surface area contributed by atoms with Crippen LogP contribution < -0.4 is 10.5 Å². The summed E-state index contributed by atoms with van der Waals surface area (Å²) in [5.41, 5.74) is 3.59. The van der Waals surface area contributed by atoms with Crippen LogP contribution in [0.25, 0.3) is 0 Å². The molecule has 120 valence electrons. The first-order valence-electron chi connectivity index (χ1n) is 8.42. The molecule has 0 radical (unpaired) electrons. The molecule has 2 aromatic rings. The third kappa shape index (κ3) is 3.01. The summed E-state index contributed by atoms with van der Waals surface area (Å²) < 4.78 is 1.64. The number of hydrogen-bond donors (Lipinski definition) is 0. The Hall–Kier alpha value is -2.14. The molecule has 1 aromatic carbocycles. The minimum absolute atomic E-state index is 0.0381. The fourth-order valence-electron chi connectivity index (χ4n) is 3.52. The molecule has 1 aromatic heterocycles. The van der Waals surface area contributed by atoms with Crippen LogP contribution >= 0.6 is 0 Å². The normalized spacial score (nSPS) is 18.2. The fourth-order valence-corrected chi connectivity index (χ4v) is 3.52. The zero-order valence-corrected chi connectivity index (χ0v) is 13.3. The Morgan fingerprint density at radius 3 is 2.57 bits per heavy atom. The molecule has 5 nitrogen and oxygen atoms in total. The molecule has 0 atom stereocenters. The van der Waals surface area contributed by atoms with Crippen molar-refractivity contribution in [3.05, 3.63) is 58.0 Å². The van der Waals surface area contributed by atoms with Gasteiger partial charge >= 0.3 is 0 Å². The molecule has 23 heavy (non-hydrogen) atoms. The molecule has 1 aliphatic carbocycles. The van der Waals surface area contributed by atoms with E-state index in [4.69, 9.17) is 0 Å². The molecule has 2 aliphatic rings. The van der Waals surface area contributed by atoms with Crippen LogP contribution in [0.2, 0.25) is 0 Å². The predicted molar refractivity (Wildman–Crippen MR) is 90.8 cm³/mol. The second kappa shape index (κ2) is 6.16. The van der Waals surface area contributed by atoms with Crippen molar-refractivity contribution in [2.75, 3.05) is 31.1 Å². The fraction of sp³-hybridized carbons (Fsp3) is 0.444. The number of benzene rings is 1. The zero-order chi connectivity index (χ0) is 15.6. The number of fused-ring (bicyclic) bond motifs is 1. The number of rotatable bonds is 3. The summed E-state index contributed by atoms with van der Waals surface area (Å²) in [6.45, 7) is 4.50. The largest absolute Gasteiger partial charge is 0.369 e. The average molecular weight is 310 g/mol. The Morgan fingerprint density at radius 1 is 1.00 bits per heavy atom. The molecule has 0 spiro atoms. The van der Waals surface area contributed by atoms with Crippen molar-refractivity contribution in [2.24, 2.45) is 0 Å². The van der Waals surface area contributed by atoms with Crippen LogP contribution in [0.15, 0.2) is 41.2 Å². The van der Waals surface area contributed by atoms with E-state index < -0.39 is 0 Å². The summed E-state index contributed by atoms with van der Waals surface area (Å²) >= 11 is 0. The summed E-state index contributed by atoms with van der Waals surface area (Å²) in [6, 6.07) is 12.3. The smallest absolute Gasteiger partial charge is 0.268 e. The molecule has 1 saturated heterocycles. The van der Waals surface area contributed by atoms with Crippen LogP contribution in [-0.4, -0.2) is 40.9 Å². The van der Waals surface area contributed by atoms with E-state index in [1.807, 2.05) is 6.07 Å². The lowest BCUT2D eigenvalue weighted by Gasteiger charge is -2.36. The Labute approximate surface area is 136 Å². The molecule has 0 saturated carbocycles. The highest BCUT2D eigenvalue weighted by Crippen LogP contribution is 2.18. The topological polar surface area (TPSA) is 41.4 Å². The quantitative estimate of drug-likeness (QED) is 0.862. The van der Waals surface area contributed by atoms with Gasteiger partial charge in [-0.05, 0) is 37.0 Å². The van der Waals surface area contributed by atoms with E-state index in [2.05, 4.69) is 39.2 Å². The van der Waals surface area contributed by atoms with Gasteiger partial charge in [0.05, 0.1) is 12.4 Å². The highest BCUT2D eigenvalue weighted by Gasteiger charge is 2.19. The third-order valence-corrected chi connectivity index (χ3v) is 4.85. The van der Waals surface area contributed by atoms with Gasteiger partial charge in [-0.3, -0.25) is 9.69 Å². The molecule has 4 rings (SSSR count). The van der Waals surface area contributed by atoms with Gasteiger partial charge in [0.1, 0.15) is 0 Å². The lowest BCUT2D eigenvalue weighted by Crippen LogP contribution is -2.48. The summed E-state index contributed by atoms with van der Waals surface area (Å²) in [6.07, 6.45) is 3.15. The van der Waals surface area contributed by atoms with Gasteiger partial charge in [-0.1, -0.05) is 18.2 Å². The van der Waals surface area contributed by atoms with Gasteiger partial charge in [0, 0.05) is 37.9 Å². The number of anilines is 1. The van der Waals surface area contributed by atoms with Crippen molar-refractivity contribution >= 4 is 5.69 Å². The van der Waals surface area contributed by atoms with Gasteiger partial charge in [-0.2, -0.15) is 5.10 Å². The third-order valence-electron chi connectivity index (χ3n) is 4.85. The number of nitrogens with zero attached hydrogens (tertiary/aromatic N) is 4. The van der Waals surface area contributed by atoms with Gasteiger partial charge in [0.2, 0.25) is 0 Å². The molecule has 0 amide bonds. The molecule has 1 aliphatic heterocycles. The van der Waals surface area contributed by atoms with Gasteiger partial charge in [0.15, 0.2) is 0 Å². The summed E-state index contributed by atoms with van der Waals surface area (Å²) in [7, 11) is 0. The molecule has 5 heteroatoms. The van der Waals surface area contributed by atoms with E-state index in [0.29, 0.717) is 6.67 Å². The van der Waals surface area contributed by atoms with E-state index in [1.165, 1.54) is 5.69 Å². The Morgan fingerprint density at radius 2 is 1.78 bits per heavy atom. The molecule has 0 N–H and O–H groups in total. The van der Waals surface area contributed by atoms with E-state index >= 15 is 0 Å². The van der Waals surface area contributed by atoms with Gasteiger partial charge in [-0.15, -0.1) is 0 Å². The van der Waals surface area contributed by atoms with Crippen molar-refractivity contribution in [1.29, 1.82) is 0 Å². The number of piperazine rings is 1. The zero-order valence-electron chi connectivity index (χ0n) is 13.3. The molecular formula is C18H22N4O. The molecular weight excluding hydrogens is 288 g/mol. The molecule has 0 unspecified atom stereocenters. The van der Waals surface area contributed by atoms with Crippen molar-refractivity contribution < 1.29 is 0 Å². The number of para-hydroxylation sites is 1. The Kier molecular flexibility index (Phi) is 3.87. The maximum Gasteiger partial charge on any atom is 0.268 e. The molecule has 0 bridgehead atoms. The average Bonchev–Trinajstić information content (AvgIpc) is 3.04. The highest BCUT2D eigenvalue weighted by atomic mass is 16.1. The second-order valence-corrected chi connectivity index (χ2v) is 6.39. The van der Waals surface area contributed by atoms with E-state index in [0.717, 1.165) is 56.7 Å². The minimum atomic E-state index is 0.0381. The minimum Gasteiger partial charge on any atom is -0.369 e. The van der Waals surface area contributed by atoms with E-state index in [1.54, 1.807) is 10.7 Å². The maximum atomic E-state index is 12.2. The predicted octanol–water partition coefficient (Wildman–Crippen LogP) is 1.51. The van der Waals surface area contributed by atoms with Crippen molar-refractivity contribution in [3.63, 3.8) is 0 Å². The SMILES string of the molecule is O=c1cc2c(nn1CN1CCN(c3ccccc3)CC1)CCC2. The van der Waals surface area contributed by atoms with Crippen molar-refractivity contribution in [3.8, 4) is 0 Å². The van der Waals surface area contributed by atoms with Gasteiger partial charge in [0.25, 0.3) is 5.56 Å². The van der Waals surface area contributed by atoms with Gasteiger partial charge < -0.3 is 4.90 Å². The summed E-state index contributed by atoms with van der Waals surface area (Å²) in [5.74, 6) is 0. The Bertz CT molecular complexity index is 732. The lowest BCUT2D eigenvalue weighted by molar-refractivity contribution is 0.191. The highest BCUT2D eigenvalue weighted by molar-refractivity contribution is 5.46. The monoisotopic (exact) mass is 310 g/mol. The van der Waals surface area contributed by atoms with Crippen LogP contribution in [0, 0.1) is 0 Å².